The zero-order valence-corrected chi connectivity index (χ0v) is 18.5. The summed E-state index contributed by atoms with van der Waals surface area (Å²) < 4.78 is 0. The van der Waals surface area contributed by atoms with Crippen LogP contribution < -0.4 is 16.4 Å². The van der Waals surface area contributed by atoms with Crippen LogP contribution in [0.3, 0.4) is 0 Å². The SMILES string of the molecule is N=C(N)c1ccc(CNC(=O)[C@H]2CCCN2C(=O)CNC2CCCCC2)c2ccccc12. The molecule has 1 saturated heterocycles. The van der Waals surface area contributed by atoms with E-state index in [9.17, 15) is 9.59 Å². The van der Waals surface area contributed by atoms with Gasteiger partial charge in [-0.1, -0.05) is 55.7 Å². The molecule has 1 heterocycles. The number of nitrogens with one attached hydrogen (secondary N) is 3. The number of nitrogens with zero attached hydrogens (tertiary/aromatic N) is 1. The highest BCUT2D eigenvalue weighted by Gasteiger charge is 2.34. The van der Waals surface area contributed by atoms with Crippen molar-refractivity contribution in [1.29, 1.82) is 5.41 Å². The van der Waals surface area contributed by atoms with Crippen LogP contribution in [0.4, 0.5) is 0 Å². The summed E-state index contributed by atoms with van der Waals surface area (Å²) in [6.07, 6.45) is 7.55. The Morgan fingerprint density at radius 3 is 2.50 bits per heavy atom. The van der Waals surface area contributed by atoms with Crippen LogP contribution in [-0.2, 0) is 16.1 Å². The molecule has 2 fully saturated rings. The Bertz CT molecular complexity index is 999. The van der Waals surface area contributed by atoms with Gasteiger partial charge < -0.3 is 21.3 Å². The molecule has 0 radical (unpaired) electrons. The number of likely N-dealkylation sites (tertiary alicyclic amines) is 1. The summed E-state index contributed by atoms with van der Waals surface area (Å²) in [5, 5.41) is 16.1. The Labute approximate surface area is 189 Å². The first kappa shape index (κ1) is 22.3. The summed E-state index contributed by atoms with van der Waals surface area (Å²) in [4.78, 5) is 27.5. The Hall–Kier alpha value is -2.93. The molecule has 7 heteroatoms. The van der Waals surface area contributed by atoms with Crippen LogP contribution in [0.15, 0.2) is 36.4 Å². The molecule has 1 atom stereocenters. The van der Waals surface area contributed by atoms with Gasteiger partial charge >= 0.3 is 0 Å². The molecule has 2 amide bonds. The molecule has 1 aliphatic carbocycles. The van der Waals surface area contributed by atoms with Crippen molar-refractivity contribution < 1.29 is 9.59 Å². The summed E-state index contributed by atoms with van der Waals surface area (Å²) in [5.74, 6) is -0.0588. The fourth-order valence-corrected chi connectivity index (χ4v) is 5.03. The van der Waals surface area contributed by atoms with Gasteiger partial charge in [-0.3, -0.25) is 15.0 Å². The number of hydrogen-bond acceptors (Lipinski definition) is 4. The minimum Gasteiger partial charge on any atom is -0.384 e. The van der Waals surface area contributed by atoms with Crippen LogP contribution in [0.5, 0.6) is 0 Å². The summed E-state index contributed by atoms with van der Waals surface area (Å²) in [6.45, 7) is 1.32. The van der Waals surface area contributed by atoms with Gasteiger partial charge in [-0.05, 0) is 42.0 Å². The number of hydrogen-bond donors (Lipinski definition) is 4. The smallest absolute Gasteiger partial charge is 0.243 e. The van der Waals surface area contributed by atoms with E-state index in [-0.39, 0.29) is 17.6 Å². The number of rotatable bonds is 7. The third-order valence-corrected chi connectivity index (χ3v) is 6.78. The predicted octanol–water partition coefficient (Wildman–Crippen LogP) is 2.65. The van der Waals surface area contributed by atoms with Crippen LogP contribution in [0.1, 0.15) is 56.1 Å². The molecule has 0 aromatic heterocycles. The van der Waals surface area contributed by atoms with Crippen molar-refractivity contribution in [2.75, 3.05) is 13.1 Å². The largest absolute Gasteiger partial charge is 0.384 e. The van der Waals surface area contributed by atoms with Crippen molar-refractivity contribution in [2.45, 2.75) is 63.6 Å². The monoisotopic (exact) mass is 435 g/mol. The van der Waals surface area contributed by atoms with Crippen LogP contribution in [0, 0.1) is 5.41 Å². The van der Waals surface area contributed by atoms with Crippen LogP contribution in [0.25, 0.3) is 10.8 Å². The van der Waals surface area contributed by atoms with E-state index < -0.39 is 6.04 Å². The number of nitrogen functional groups attached to an aromatic ring is 1. The molecular formula is C25H33N5O2. The molecular weight excluding hydrogens is 402 g/mol. The second-order valence-electron chi connectivity index (χ2n) is 8.91. The average molecular weight is 436 g/mol. The third kappa shape index (κ3) is 4.93. The number of fused-ring (bicyclic) bond motifs is 1. The fourth-order valence-electron chi connectivity index (χ4n) is 5.03. The zero-order valence-electron chi connectivity index (χ0n) is 18.5. The molecule has 2 aliphatic rings. The fraction of sp³-hybridized carbons (Fsp3) is 0.480. The number of amidine groups is 1. The van der Waals surface area contributed by atoms with Gasteiger partial charge in [-0.25, -0.2) is 0 Å². The van der Waals surface area contributed by atoms with E-state index in [1.54, 1.807) is 4.90 Å². The number of amides is 2. The van der Waals surface area contributed by atoms with Gasteiger partial charge in [0.25, 0.3) is 0 Å². The number of carbonyl (C=O) groups is 2. The van der Waals surface area contributed by atoms with Gasteiger partial charge in [0, 0.05) is 24.7 Å². The van der Waals surface area contributed by atoms with E-state index in [2.05, 4.69) is 10.6 Å². The van der Waals surface area contributed by atoms with Gasteiger partial charge in [0.15, 0.2) is 0 Å². The van der Waals surface area contributed by atoms with E-state index >= 15 is 0 Å². The summed E-state index contributed by atoms with van der Waals surface area (Å²) in [5.41, 5.74) is 7.38. The van der Waals surface area contributed by atoms with Gasteiger partial charge in [-0.15, -0.1) is 0 Å². The first-order valence-electron chi connectivity index (χ1n) is 11.7. The highest BCUT2D eigenvalue weighted by molar-refractivity contribution is 6.08. The Kier molecular flexibility index (Phi) is 7.05. The Balaban J connectivity index is 1.37. The van der Waals surface area contributed by atoms with Crippen molar-refractivity contribution >= 4 is 28.4 Å². The lowest BCUT2D eigenvalue weighted by Crippen LogP contribution is -2.49. The molecule has 0 bridgehead atoms. The molecule has 5 N–H and O–H groups in total. The van der Waals surface area contributed by atoms with Crippen LogP contribution in [-0.4, -0.2) is 47.7 Å². The summed E-state index contributed by atoms with van der Waals surface area (Å²) >= 11 is 0. The summed E-state index contributed by atoms with van der Waals surface area (Å²) in [6, 6.07) is 11.5. The lowest BCUT2D eigenvalue weighted by atomic mass is 9.95. The minimum atomic E-state index is -0.404. The average Bonchev–Trinajstić information content (AvgIpc) is 3.31. The predicted molar refractivity (Wildman–Crippen MR) is 126 cm³/mol. The van der Waals surface area contributed by atoms with Crippen LogP contribution >= 0.6 is 0 Å². The molecule has 170 valence electrons. The van der Waals surface area contributed by atoms with Gasteiger partial charge in [-0.2, -0.15) is 0 Å². The lowest BCUT2D eigenvalue weighted by molar-refractivity contribution is -0.137. The maximum absolute atomic E-state index is 13.0. The van der Waals surface area contributed by atoms with Crippen LogP contribution in [0.2, 0.25) is 0 Å². The van der Waals surface area contributed by atoms with Gasteiger partial charge in [0.05, 0.1) is 6.54 Å². The van der Waals surface area contributed by atoms with Crippen molar-refractivity contribution in [1.82, 2.24) is 15.5 Å². The first-order chi connectivity index (χ1) is 15.5. The molecule has 0 spiro atoms. The van der Waals surface area contributed by atoms with Crippen molar-refractivity contribution in [3.8, 4) is 0 Å². The first-order valence-corrected chi connectivity index (χ1v) is 11.7. The van der Waals surface area contributed by atoms with E-state index in [4.69, 9.17) is 11.1 Å². The highest BCUT2D eigenvalue weighted by atomic mass is 16.2. The molecule has 1 saturated carbocycles. The maximum atomic E-state index is 13.0. The Morgan fingerprint density at radius 2 is 1.75 bits per heavy atom. The molecule has 7 nitrogen and oxygen atoms in total. The van der Waals surface area contributed by atoms with E-state index in [1.165, 1.54) is 19.3 Å². The van der Waals surface area contributed by atoms with Gasteiger partial charge in [0.1, 0.15) is 11.9 Å². The van der Waals surface area contributed by atoms with Crippen molar-refractivity contribution in [2.24, 2.45) is 5.73 Å². The number of benzene rings is 2. The maximum Gasteiger partial charge on any atom is 0.243 e. The second-order valence-corrected chi connectivity index (χ2v) is 8.91. The minimum absolute atomic E-state index is 0.0180. The molecule has 1 aliphatic heterocycles. The molecule has 2 aromatic rings. The highest BCUT2D eigenvalue weighted by Crippen LogP contribution is 2.24. The quantitative estimate of drug-likeness (QED) is 0.396. The molecule has 2 aromatic carbocycles. The Morgan fingerprint density at radius 1 is 1.00 bits per heavy atom. The third-order valence-electron chi connectivity index (χ3n) is 6.78. The van der Waals surface area contributed by atoms with E-state index in [0.29, 0.717) is 37.7 Å². The normalized spacial score (nSPS) is 19.2. The summed E-state index contributed by atoms with van der Waals surface area (Å²) in [7, 11) is 0. The van der Waals surface area contributed by atoms with Crippen molar-refractivity contribution in [3.63, 3.8) is 0 Å². The zero-order chi connectivity index (χ0) is 22.5. The van der Waals surface area contributed by atoms with Gasteiger partial charge in [0.2, 0.25) is 11.8 Å². The topological polar surface area (TPSA) is 111 Å². The van der Waals surface area contributed by atoms with E-state index in [1.807, 2.05) is 36.4 Å². The number of nitrogens with two attached hydrogens (primary N) is 1. The molecule has 32 heavy (non-hydrogen) atoms. The molecule has 4 rings (SSSR count). The van der Waals surface area contributed by atoms with Crippen molar-refractivity contribution in [3.05, 3.63) is 47.5 Å². The standard InChI is InChI=1S/C25H33N5O2/c26-24(27)21-13-12-17(19-9-4-5-10-20(19)21)15-29-25(32)22-11-6-14-30(22)23(31)16-28-18-7-2-1-3-8-18/h4-5,9-10,12-13,18,22,28H,1-3,6-8,11,14-16H2,(H3,26,27)(H,29,32)/t22-/m1/s1. The number of carbonyl (C=O) groups excluding carboxylic acids is 2. The second kappa shape index (κ2) is 10.1. The lowest BCUT2D eigenvalue weighted by Gasteiger charge is -2.27. The molecule has 0 unspecified atom stereocenters. The van der Waals surface area contributed by atoms with E-state index in [0.717, 1.165) is 35.6 Å².